The Hall–Kier alpha value is -2.34. The fourth-order valence-electron chi connectivity index (χ4n) is 1.45. The first kappa shape index (κ1) is 14.1. The molecule has 0 aliphatic carbocycles. The zero-order valence-electron chi connectivity index (χ0n) is 9.51. The molecule has 0 radical (unpaired) electrons. The Balaban J connectivity index is 2.42. The van der Waals surface area contributed by atoms with E-state index >= 15 is 0 Å². The third kappa shape index (κ3) is 2.80. The van der Waals surface area contributed by atoms with Gasteiger partial charge in [-0.2, -0.15) is 18.4 Å². The number of alkyl halides is 3. The summed E-state index contributed by atoms with van der Waals surface area (Å²) in [6.45, 7) is 0. The molecule has 9 heteroatoms. The summed E-state index contributed by atoms with van der Waals surface area (Å²) >= 11 is 0.740. The molecule has 0 spiro atoms. The Morgan fingerprint density at radius 1 is 1.30 bits per heavy atom. The zero-order chi connectivity index (χ0) is 14.9. The molecule has 2 rings (SSSR count). The van der Waals surface area contributed by atoms with Crippen molar-refractivity contribution in [2.75, 3.05) is 5.32 Å². The lowest BCUT2D eigenvalue weighted by Gasteiger charge is -2.10. The van der Waals surface area contributed by atoms with E-state index in [4.69, 9.17) is 5.26 Å². The fraction of sp³-hybridized carbons (Fsp3) is 0.0909. The molecule has 1 heterocycles. The maximum atomic E-state index is 13.2. The number of nitrogens with one attached hydrogen (secondary N) is 2. The van der Waals surface area contributed by atoms with Crippen molar-refractivity contribution in [3.8, 4) is 6.07 Å². The molecule has 0 amide bonds. The van der Waals surface area contributed by atoms with Crippen molar-refractivity contribution < 1.29 is 17.6 Å². The van der Waals surface area contributed by atoms with E-state index in [0.717, 1.165) is 17.6 Å². The Morgan fingerprint density at radius 3 is 2.60 bits per heavy atom. The van der Waals surface area contributed by atoms with E-state index in [1.807, 2.05) is 0 Å². The van der Waals surface area contributed by atoms with E-state index < -0.39 is 23.1 Å². The second-order valence-electron chi connectivity index (χ2n) is 3.70. The summed E-state index contributed by atoms with van der Waals surface area (Å²) in [7, 11) is 0. The van der Waals surface area contributed by atoms with E-state index in [9.17, 15) is 22.4 Å². The lowest BCUT2D eigenvalue weighted by molar-refractivity contribution is -0.137. The van der Waals surface area contributed by atoms with Crippen molar-refractivity contribution in [3.05, 3.63) is 45.5 Å². The highest BCUT2D eigenvalue weighted by atomic mass is 32.1. The first-order valence-corrected chi connectivity index (χ1v) is 5.89. The number of H-pyrrole nitrogens is 1. The molecule has 104 valence electrons. The number of aromatic amines is 1. The minimum Gasteiger partial charge on any atom is -0.345 e. The van der Waals surface area contributed by atoms with Crippen molar-refractivity contribution in [2.45, 2.75) is 6.18 Å². The predicted molar refractivity (Wildman–Crippen MR) is 64.3 cm³/mol. The Kier molecular flexibility index (Phi) is 3.50. The molecule has 0 unspecified atom stereocenters. The van der Waals surface area contributed by atoms with Crippen LogP contribution in [-0.4, -0.2) is 4.37 Å². The number of rotatable bonds is 2. The first-order valence-electron chi connectivity index (χ1n) is 5.07. The average Bonchev–Trinajstić information content (AvgIpc) is 2.68. The van der Waals surface area contributed by atoms with Gasteiger partial charge < -0.3 is 5.32 Å². The highest BCUT2D eigenvalue weighted by Crippen LogP contribution is 2.33. The van der Waals surface area contributed by atoms with Crippen LogP contribution in [0.5, 0.6) is 0 Å². The summed E-state index contributed by atoms with van der Waals surface area (Å²) in [5.74, 6) is -1.08. The Labute approximate surface area is 113 Å². The summed E-state index contributed by atoms with van der Waals surface area (Å²) in [6, 6.07) is 3.49. The van der Waals surface area contributed by atoms with Gasteiger partial charge in [-0.05, 0) is 29.7 Å². The highest BCUT2D eigenvalue weighted by Gasteiger charge is 2.31. The molecule has 2 N–H and O–H groups in total. The van der Waals surface area contributed by atoms with Gasteiger partial charge in [0.1, 0.15) is 16.9 Å². The maximum absolute atomic E-state index is 13.2. The topological polar surface area (TPSA) is 68.7 Å². The van der Waals surface area contributed by atoms with Crippen LogP contribution in [0.1, 0.15) is 11.1 Å². The Bertz CT molecular complexity index is 741. The predicted octanol–water partition coefficient (Wildman–Crippen LogP) is 3.21. The smallest absolute Gasteiger partial charge is 0.345 e. The quantitative estimate of drug-likeness (QED) is 0.837. The van der Waals surface area contributed by atoms with Crippen molar-refractivity contribution in [1.82, 2.24) is 4.37 Å². The van der Waals surface area contributed by atoms with Gasteiger partial charge in [-0.1, -0.05) is 0 Å². The van der Waals surface area contributed by atoms with Crippen molar-refractivity contribution in [2.24, 2.45) is 0 Å². The lowest BCUT2D eigenvalue weighted by atomic mass is 10.2. The number of nitrogens with zero attached hydrogens (tertiary/aromatic N) is 1. The van der Waals surface area contributed by atoms with E-state index in [1.165, 1.54) is 0 Å². The third-order valence-electron chi connectivity index (χ3n) is 2.29. The van der Waals surface area contributed by atoms with Gasteiger partial charge >= 0.3 is 6.18 Å². The molecule has 1 aromatic carbocycles. The van der Waals surface area contributed by atoms with Gasteiger partial charge in [-0.3, -0.25) is 9.17 Å². The van der Waals surface area contributed by atoms with Gasteiger partial charge in [0.05, 0.1) is 5.56 Å². The summed E-state index contributed by atoms with van der Waals surface area (Å²) in [5.41, 5.74) is -2.30. The Morgan fingerprint density at radius 2 is 2.00 bits per heavy atom. The van der Waals surface area contributed by atoms with Gasteiger partial charge in [0, 0.05) is 5.69 Å². The lowest BCUT2D eigenvalue weighted by Crippen LogP contribution is -2.07. The number of benzene rings is 1. The van der Waals surface area contributed by atoms with Crippen LogP contribution in [0.2, 0.25) is 0 Å². The molecule has 0 aliphatic rings. The minimum absolute atomic E-state index is 0.0243. The van der Waals surface area contributed by atoms with Crippen LogP contribution in [0, 0.1) is 17.1 Å². The molecule has 20 heavy (non-hydrogen) atoms. The van der Waals surface area contributed by atoms with E-state index in [2.05, 4.69) is 9.69 Å². The third-order valence-corrected chi connectivity index (χ3v) is 3.09. The highest BCUT2D eigenvalue weighted by molar-refractivity contribution is 7.10. The van der Waals surface area contributed by atoms with E-state index in [1.54, 1.807) is 6.07 Å². The molecular formula is C11H5F4N3OS. The van der Waals surface area contributed by atoms with Gasteiger partial charge in [-0.15, -0.1) is 0 Å². The molecule has 1 aromatic heterocycles. The van der Waals surface area contributed by atoms with Gasteiger partial charge in [0.2, 0.25) is 0 Å². The molecule has 2 aromatic rings. The van der Waals surface area contributed by atoms with Crippen LogP contribution in [0.25, 0.3) is 0 Å². The van der Waals surface area contributed by atoms with Crippen LogP contribution in [0.15, 0.2) is 23.0 Å². The fourth-order valence-corrected chi connectivity index (χ4v) is 2.15. The number of nitriles is 1. The monoisotopic (exact) mass is 303 g/mol. The number of hydrogen-bond acceptors (Lipinski definition) is 4. The number of halogens is 4. The van der Waals surface area contributed by atoms with Gasteiger partial charge in [0.25, 0.3) is 5.56 Å². The van der Waals surface area contributed by atoms with Crippen molar-refractivity contribution >= 4 is 22.2 Å². The maximum Gasteiger partial charge on any atom is 0.416 e. The second-order valence-corrected chi connectivity index (χ2v) is 4.52. The van der Waals surface area contributed by atoms with E-state index in [0.29, 0.717) is 12.1 Å². The van der Waals surface area contributed by atoms with Crippen LogP contribution < -0.4 is 10.9 Å². The first-order chi connectivity index (χ1) is 9.31. The standard InChI is InChI=1S/C11H5F4N3OS/c12-6-1-5(11(13,14)15)2-7(3-6)17-10-8(4-16)9(19)18-20-10/h1-3,17H,(H,18,19). The molecule has 0 saturated heterocycles. The van der Waals surface area contributed by atoms with Crippen LogP contribution in [-0.2, 0) is 6.18 Å². The molecule has 0 aliphatic heterocycles. The average molecular weight is 303 g/mol. The summed E-state index contributed by atoms with van der Waals surface area (Å²) in [5, 5.41) is 11.2. The number of hydrogen-bond donors (Lipinski definition) is 2. The van der Waals surface area contributed by atoms with Crippen molar-refractivity contribution in [1.29, 1.82) is 5.26 Å². The van der Waals surface area contributed by atoms with Gasteiger partial charge in [-0.25, -0.2) is 4.39 Å². The molecule has 0 saturated carbocycles. The minimum atomic E-state index is -4.69. The van der Waals surface area contributed by atoms with E-state index in [-0.39, 0.29) is 16.3 Å². The summed E-state index contributed by atoms with van der Waals surface area (Å²) < 4.78 is 53.0. The van der Waals surface area contributed by atoms with Crippen LogP contribution in [0.4, 0.5) is 28.3 Å². The normalized spacial score (nSPS) is 11.2. The summed E-state index contributed by atoms with van der Waals surface area (Å²) in [6.07, 6.45) is -4.69. The number of aromatic nitrogens is 1. The molecular weight excluding hydrogens is 298 g/mol. The molecule has 0 atom stereocenters. The largest absolute Gasteiger partial charge is 0.416 e. The zero-order valence-corrected chi connectivity index (χ0v) is 10.3. The van der Waals surface area contributed by atoms with Crippen LogP contribution in [0.3, 0.4) is 0 Å². The summed E-state index contributed by atoms with van der Waals surface area (Å²) in [4.78, 5) is 11.2. The van der Waals surface area contributed by atoms with Crippen molar-refractivity contribution in [3.63, 3.8) is 0 Å². The van der Waals surface area contributed by atoms with Crippen LogP contribution >= 0.6 is 11.5 Å². The molecule has 0 fully saturated rings. The number of anilines is 2. The SMILES string of the molecule is N#Cc1c(Nc2cc(F)cc(C(F)(F)F)c2)s[nH]c1=O. The molecule has 4 nitrogen and oxygen atoms in total. The molecule has 0 bridgehead atoms. The van der Waals surface area contributed by atoms with Gasteiger partial charge in [0.15, 0.2) is 5.56 Å². The second kappa shape index (κ2) is 4.97.